The lowest BCUT2D eigenvalue weighted by atomic mass is 10.1. The number of carbonyl (C=O) groups is 1. The van der Waals surface area contributed by atoms with Gasteiger partial charge < -0.3 is 19.4 Å². The summed E-state index contributed by atoms with van der Waals surface area (Å²) >= 11 is 1.41. The summed E-state index contributed by atoms with van der Waals surface area (Å²) in [6, 6.07) is 15.6. The Hall–Kier alpha value is -3.04. The minimum absolute atomic E-state index is 0.0808. The van der Waals surface area contributed by atoms with Crippen molar-refractivity contribution in [3.63, 3.8) is 0 Å². The molecule has 1 fully saturated rings. The van der Waals surface area contributed by atoms with E-state index in [9.17, 15) is 4.79 Å². The zero-order chi connectivity index (χ0) is 24.6. The fourth-order valence-electron chi connectivity index (χ4n) is 4.28. The summed E-state index contributed by atoms with van der Waals surface area (Å²) < 4.78 is 12.9. The Kier molecular flexibility index (Phi) is 8.65. The summed E-state index contributed by atoms with van der Waals surface area (Å²) in [5.74, 6) is 2.53. The van der Waals surface area contributed by atoms with Crippen LogP contribution in [-0.2, 0) is 17.9 Å². The van der Waals surface area contributed by atoms with Crippen LogP contribution in [0.3, 0.4) is 0 Å². The molecule has 35 heavy (non-hydrogen) atoms. The Morgan fingerprint density at radius 1 is 1.06 bits per heavy atom. The first-order valence-corrected chi connectivity index (χ1v) is 12.9. The monoisotopic (exact) mass is 495 g/mol. The smallest absolute Gasteiger partial charge is 0.230 e. The van der Waals surface area contributed by atoms with Crippen molar-refractivity contribution in [1.29, 1.82) is 0 Å². The topological polar surface area (TPSA) is 81.5 Å². The molecule has 0 bridgehead atoms. The number of ether oxygens (including phenoxy) is 2. The van der Waals surface area contributed by atoms with Gasteiger partial charge in [-0.25, -0.2) is 0 Å². The van der Waals surface area contributed by atoms with Gasteiger partial charge in [-0.15, -0.1) is 10.2 Å². The number of methoxy groups -OCH3 is 2. The zero-order valence-corrected chi connectivity index (χ0v) is 21.4. The summed E-state index contributed by atoms with van der Waals surface area (Å²) in [7, 11) is 3.24. The number of amides is 1. The second-order valence-corrected chi connectivity index (χ2v) is 9.58. The van der Waals surface area contributed by atoms with Crippen LogP contribution >= 0.6 is 11.8 Å². The van der Waals surface area contributed by atoms with Gasteiger partial charge in [-0.1, -0.05) is 42.1 Å². The van der Waals surface area contributed by atoms with E-state index in [4.69, 9.17) is 9.47 Å². The van der Waals surface area contributed by atoms with E-state index in [0.717, 1.165) is 41.9 Å². The van der Waals surface area contributed by atoms with Crippen LogP contribution in [0.5, 0.6) is 11.5 Å². The van der Waals surface area contributed by atoms with Gasteiger partial charge in [-0.2, -0.15) is 0 Å². The van der Waals surface area contributed by atoms with Crippen LogP contribution in [0.25, 0.3) is 0 Å². The second-order valence-electron chi connectivity index (χ2n) is 8.64. The molecular formula is C26H33N5O3S. The van der Waals surface area contributed by atoms with E-state index in [1.54, 1.807) is 14.2 Å². The third kappa shape index (κ3) is 6.55. The highest BCUT2D eigenvalue weighted by molar-refractivity contribution is 7.99. The third-order valence-corrected chi connectivity index (χ3v) is 7.12. The third-order valence-electron chi connectivity index (χ3n) is 6.15. The molecule has 2 aromatic carbocycles. The van der Waals surface area contributed by atoms with Gasteiger partial charge in [0, 0.05) is 5.56 Å². The van der Waals surface area contributed by atoms with Crippen LogP contribution in [0.2, 0.25) is 0 Å². The van der Waals surface area contributed by atoms with Gasteiger partial charge in [0.2, 0.25) is 5.91 Å². The highest BCUT2D eigenvalue weighted by atomic mass is 32.2. The molecule has 2 heterocycles. The normalized spacial score (nSPS) is 14.6. The first kappa shape index (κ1) is 25.1. The van der Waals surface area contributed by atoms with Gasteiger partial charge in [0.15, 0.2) is 5.16 Å². The van der Waals surface area contributed by atoms with Crippen LogP contribution in [0.1, 0.15) is 42.8 Å². The zero-order valence-electron chi connectivity index (χ0n) is 20.6. The molecule has 8 nitrogen and oxygen atoms in total. The average molecular weight is 496 g/mol. The van der Waals surface area contributed by atoms with Gasteiger partial charge >= 0.3 is 0 Å². The molecule has 1 saturated heterocycles. The molecule has 0 saturated carbocycles. The van der Waals surface area contributed by atoms with Crippen LogP contribution in [0.4, 0.5) is 0 Å². The van der Waals surface area contributed by atoms with Crippen molar-refractivity contribution in [2.45, 2.75) is 44.1 Å². The summed E-state index contributed by atoms with van der Waals surface area (Å²) in [5.41, 5.74) is 2.05. The Morgan fingerprint density at radius 3 is 2.54 bits per heavy atom. The Balaban J connectivity index is 1.43. The fraction of sp³-hybridized carbons (Fsp3) is 0.423. The van der Waals surface area contributed by atoms with Crippen molar-refractivity contribution in [2.75, 3.05) is 33.1 Å². The van der Waals surface area contributed by atoms with Gasteiger partial charge in [-0.3, -0.25) is 9.69 Å². The molecule has 3 aromatic rings. The lowest BCUT2D eigenvalue weighted by Crippen LogP contribution is -2.28. The van der Waals surface area contributed by atoms with Crippen LogP contribution < -0.4 is 14.8 Å². The van der Waals surface area contributed by atoms with Crippen molar-refractivity contribution >= 4 is 17.7 Å². The van der Waals surface area contributed by atoms with E-state index in [1.165, 1.54) is 30.2 Å². The Labute approximate surface area is 211 Å². The molecule has 0 radical (unpaired) electrons. The first-order chi connectivity index (χ1) is 17.1. The van der Waals surface area contributed by atoms with Crippen LogP contribution in [-0.4, -0.2) is 58.6 Å². The van der Waals surface area contributed by atoms with Crippen molar-refractivity contribution < 1.29 is 14.3 Å². The molecule has 1 aliphatic rings. The molecule has 4 rings (SSSR count). The molecule has 1 N–H and O–H groups in total. The molecule has 1 aliphatic heterocycles. The van der Waals surface area contributed by atoms with Crippen molar-refractivity contribution in [3.05, 3.63) is 65.5 Å². The maximum absolute atomic E-state index is 12.8. The predicted octanol–water partition coefficient (Wildman–Crippen LogP) is 3.91. The molecule has 9 heteroatoms. The minimum atomic E-state index is -0.235. The Morgan fingerprint density at radius 2 is 1.83 bits per heavy atom. The summed E-state index contributed by atoms with van der Waals surface area (Å²) in [4.78, 5) is 15.3. The van der Waals surface area contributed by atoms with Crippen molar-refractivity contribution in [1.82, 2.24) is 25.0 Å². The van der Waals surface area contributed by atoms with E-state index in [1.807, 2.05) is 43.3 Å². The minimum Gasteiger partial charge on any atom is -0.497 e. The number of carbonyl (C=O) groups excluding carboxylic acids is 1. The van der Waals surface area contributed by atoms with Crippen LogP contribution in [0.15, 0.2) is 53.7 Å². The number of benzene rings is 2. The second kappa shape index (κ2) is 12.1. The summed E-state index contributed by atoms with van der Waals surface area (Å²) in [6.45, 7) is 5.58. The molecule has 1 aromatic heterocycles. The predicted molar refractivity (Wildman–Crippen MR) is 137 cm³/mol. The molecule has 1 amide bonds. The van der Waals surface area contributed by atoms with Gasteiger partial charge in [0.05, 0.1) is 39.1 Å². The van der Waals surface area contributed by atoms with E-state index < -0.39 is 0 Å². The number of hydrogen-bond donors (Lipinski definition) is 1. The standard InChI is InChI=1S/C26H33N5O3S/c1-19(22-15-21(33-2)11-12-23(22)34-3)27-25(32)18-35-26-29-28-24(17-30-13-7-8-14-30)31(26)16-20-9-5-4-6-10-20/h4-6,9-12,15,19H,7-8,13-14,16-18H2,1-3H3,(H,27,32). The quantitative estimate of drug-likeness (QED) is 0.404. The number of rotatable bonds is 11. The number of nitrogens with one attached hydrogen (secondary N) is 1. The van der Waals surface area contributed by atoms with E-state index in [-0.39, 0.29) is 17.7 Å². The highest BCUT2D eigenvalue weighted by Crippen LogP contribution is 2.29. The maximum atomic E-state index is 12.8. The lowest BCUT2D eigenvalue weighted by molar-refractivity contribution is -0.119. The summed E-state index contributed by atoms with van der Waals surface area (Å²) in [6.07, 6.45) is 2.45. The van der Waals surface area contributed by atoms with E-state index >= 15 is 0 Å². The highest BCUT2D eigenvalue weighted by Gasteiger charge is 2.20. The van der Waals surface area contributed by atoms with Crippen molar-refractivity contribution in [3.8, 4) is 11.5 Å². The first-order valence-electron chi connectivity index (χ1n) is 11.9. The average Bonchev–Trinajstić information content (AvgIpc) is 3.53. The molecular weight excluding hydrogens is 462 g/mol. The number of likely N-dealkylation sites (tertiary alicyclic amines) is 1. The molecule has 0 aliphatic carbocycles. The maximum Gasteiger partial charge on any atom is 0.230 e. The number of nitrogens with zero attached hydrogens (tertiary/aromatic N) is 4. The molecule has 1 unspecified atom stereocenters. The lowest BCUT2D eigenvalue weighted by Gasteiger charge is -2.18. The van der Waals surface area contributed by atoms with Gasteiger partial charge in [0.25, 0.3) is 0 Å². The summed E-state index contributed by atoms with van der Waals surface area (Å²) in [5, 5.41) is 12.8. The number of hydrogen-bond acceptors (Lipinski definition) is 7. The number of aromatic nitrogens is 3. The molecule has 186 valence electrons. The SMILES string of the molecule is COc1ccc(OC)c(C(C)NC(=O)CSc2nnc(CN3CCCC3)n2Cc2ccccc2)c1. The van der Waals surface area contributed by atoms with E-state index in [2.05, 4.69) is 37.1 Å². The van der Waals surface area contributed by atoms with Gasteiger partial charge in [-0.05, 0) is 56.6 Å². The largest absolute Gasteiger partial charge is 0.497 e. The van der Waals surface area contributed by atoms with Crippen molar-refractivity contribution in [2.24, 2.45) is 0 Å². The van der Waals surface area contributed by atoms with Gasteiger partial charge in [0.1, 0.15) is 17.3 Å². The molecule has 0 spiro atoms. The van der Waals surface area contributed by atoms with E-state index in [0.29, 0.717) is 12.3 Å². The Bertz CT molecular complexity index is 1120. The van der Waals surface area contributed by atoms with Crippen LogP contribution in [0, 0.1) is 0 Å². The fourth-order valence-corrected chi connectivity index (χ4v) is 5.04. The number of thioether (sulfide) groups is 1. The molecule has 1 atom stereocenters.